The molecule has 0 aliphatic heterocycles. The van der Waals surface area contributed by atoms with E-state index < -0.39 is 0 Å². The van der Waals surface area contributed by atoms with Crippen molar-refractivity contribution in [2.45, 2.75) is 91.4 Å². The van der Waals surface area contributed by atoms with Crippen molar-refractivity contribution in [1.29, 1.82) is 0 Å². The van der Waals surface area contributed by atoms with Crippen LogP contribution < -0.4 is 0 Å². The molecule has 0 unspecified atom stereocenters. The van der Waals surface area contributed by atoms with E-state index >= 15 is 0 Å². The fourth-order valence-electron chi connectivity index (χ4n) is 8.64. The monoisotopic (exact) mass is 334 g/mol. The first-order chi connectivity index (χ1) is 11.5. The maximum absolute atomic E-state index is 13.0. The molecule has 0 aromatic rings. The summed E-state index contributed by atoms with van der Waals surface area (Å²) in [4.78, 5) is 0. The molecule has 4 fully saturated rings. The van der Waals surface area contributed by atoms with Crippen LogP contribution in [0.15, 0.2) is 0 Å². The molecule has 8 atom stereocenters. The molecule has 138 valence electrons. The first-order valence-corrected chi connectivity index (χ1v) is 11.1. The molecule has 0 N–H and O–H groups in total. The van der Waals surface area contributed by atoms with Crippen LogP contribution in [0.3, 0.4) is 0 Å². The van der Waals surface area contributed by atoms with Crippen molar-refractivity contribution in [3.8, 4) is 0 Å². The molecule has 1 heteroatoms. The molecule has 4 saturated carbocycles. The Balaban J connectivity index is 1.57. The average molecular weight is 335 g/mol. The van der Waals surface area contributed by atoms with Crippen LogP contribution in [-0.4, -0.2) is 6.67 Å². The molecule has 0 saturated heterocycles. The SMILES string of the molecule is C[C@H](CCF)[C@H]1CC[C@H]2[C@@H]3CC[C@H]4CCCC[C@]4(C)[C@H]3CC[C@]12C. The Morgan fingerprint density at radius 1 is 0.875 bits per heavy atom. The van der Waals surface area contributed by atoms with E-state index in [1.54, 1.807) is 0 Å². The summed E-state index contributed by atoms with van der Waals surface area (Å²) in [7, 11) is 0. The lowest BCUT2D eigenvalue weighted by molar-refractivity contribution is -0.114. The molecule has 0 radical (unpaired) electrons. The summed E-state index contributed by atoms with van der Waals surface area (Å²) in [5.41, 5.74) is 1.18. The average Bonchev–Trinajstić information content (AvgIpc) is 2.92. The van der Waals surface area contributed by atoms with E-state index in [0.29, 0.717) is 16.7 Å². The predicted molar refractivity (Wildman–Crippen MR) is 99.6 cm³/mol. The molecular formula is C23H39F. The lowest BCUT2D eigenvalue weighted by atomic mass is 9.44. The molecular weight excluding hydrogens is 295 g/mol. The zero-order valence-electron chi connectivity index (χ0n) is 16.3. The highest BCUT2D eigenvalue weighted by atomic mass is 19.1. The third-order valence-electron chi connectivity index (χ3n) is 9.91. The highest BCUT2D eigenvalue weighted by Gasteiger charge is 2.59. The number of alkyl halides is 1. The summed E-state index contributed by atoms with van der Waals surface area (Å²) < 4.78 is 13.0. The van der Waals surface area contributed by atoms with Crippen LogP contribution in [0.25, 0.3) is 0 Å². The molecule has 0 bridgehead atoms. The predicted octanol–water partition coefficient (Wildman–Crippen LogP) is 7.03. The molecule has 0 amide bonds. The number of halogens is 1. The van der Waals surface area contributed by atoms with Crippen LogP contribution in [0.1, 0.15) is 91.4 Å². The molecule has 4 rings (SSSR count). The Bertz CT molecular complexity index is 459. The van der Waals surface area contributed by atoms with Crippen molar-refractivity contribution in [3.05, 3.63) is 0 Å². The summed E-state index contributed by atoms with van der Waals surface area (Å²) in [5, 5.41) is 0. The van der Waals surface area contributed by atoms with Crippen LogP contribution in [0.2, 0.25) is 0 Å². The molecule has 0 nitrogen and oxygen atoms in total. The van der Waals surface area contributed by atoms with Crippen molar-refractivity contribution in [3.63, 3.8) is 0 Å². The minimum Gasteiger partial charge on any atom is -0.251 e. The van der Waals surface area contributed by atoms with Gasteiger partial charge in [-0.2, -0.15) is 0 Å². The Morgan fingerprint density at radius 2 is 1.67 bits per heavy atom. The van der Waals surface area contributed by atoms with Crippen molar-refractivity contribution < 1.29 is 4.39 Å². The molecule has 0 aromatic heterocycles. The standard InChI is InChI=1S/C23H39F/c1-16(12-15-24)19-9-10-20-18-8-7-17-6-4-5-13-22(17,2)21(18)11-14-23(19,20)3/h16-21H,4-15H2,1-3H3/t16-,17-,18+,19-,20+,21+,22+,23-/m1/s1. The van der Waals surface area contributed by atoms with E-state index in [4.69, 9.17) is 0 Å². The Hall–Kier alpha value is -0.0700. The van der Waals surface area contributed by atoms with Gasteiger partial charge in [-0.05, 0) is 104 Å². The molecule has 4 aliphatic rings. The maximum Gasteiger partial charge on any atom is 0.0897 e. The number of hydrogen-bond donors (Lipinski definition) is 0. The van der Waals surface area contributed by atoms with Crippen LogP contribution in [0, 0.1) is 46.3 Å². The molecule has 0 aromatic carbocycles. The minimum atomic E-state index is -0.121. The second kappa shape index (κ2) is 6.27. The summed E-state index contributed by atoms with van der Waals surface area (Å²) >= 11 is 0. The first-order valence-electron chi connectivity index (χ1n) is 11.1. The van der Waals surface area contributed by atoms with Gasteiger partial charge in [0.25, 0.3) is 0 Å². The van der Waals surface area contributed by atoms with Crippen LogP contribution in [-0.2, 0) is 0 Å². The number of rotatable bonds is 3. The van der Waals surface area contributed by atoms with Crippen molar-refractivity contribution in [1.82, 2.24) is 0 Å². The summed E-state index contributed by atoms with van der Waals surface area (Å²) in [5.74, 6) is 5.34. The Kier molecular flexibility index (Phi) is 4.53. The molecule has 0 spiro atoms. The second-order valence-corrected chi connectivity index (χ2v) is 10.6. The van der Waals surface area contributed by atoms with Crippen LogP contribution in [0.5, 0.6) is 0 Å². The van der Waals surface area contributed by atoms with E-state index in [0.717, 1.165) is 36.0 Å². The van der Waals surface area contributed by atoms with Gasteiger partial charge >= 0.3 is 0 Å². The lowest BCUT2D eigenvalue weighted by Gasteiger charge is -2.61. The van der Waals surface area contributed by atoms with Crippen molar-refractivity contribution >= 4 is 0 Å². The quantitative estimate of drug-likeness (QED) is 0.519. The zero-order chi connectivity index (χ0) is 16.9. The van der Waals surface area contributed by atoms with Gasteiger partial charge < -0.3 is 0 Å². The topological polar surface area (TPSA) is 0 Å². The maximum atomic E-state index is 13.0. The van der Waals surface area contributed by atoms with Crippen LogP contribution >= 0.6 is 0 Å². The molecule has 4 aliphatic carbocycles. The number of hydrogen-bond acceptors (Lipinski definition) is 0. The van der Waals surface area contributed by atoms with Crippen molar-refractivity contribution in [2.75, 3.05) is 6.67 Å². The smallest absolute Gasteiger partial charge is 0.0897 e. The van der Waals surface area contributed by atoms with Gasteiger partial charge in [0.1, 0.15) is 0 Å². The Labute approximate surface area is 149 Å². The van der Waals surface area contributed by atoms with Gasteiger partial charge in [0.15, 0.2) is 0 Å². The normalized spacial score (nSPS) is 52.2. The summed E-state index contributed by atoms with van der Waals surface area (Å²) in [6.45, 7) is 7.50. The van der Waals surface area contributed by atoms with Gasteiger partial charge in [-0.3, -0.25) is 4.39 Å². The third kappa shape index (κ3) is 2.43. The van der Waals surface area contributed by atoms with Gasteiger partial charge in [-0.1, -0.05) is 33.6 Å². The third-order valence-corrected chi connectivity index (χ3v) is 9.91. The van der Waals surface area contributed by atoms with Gasteiger partial charge in [-0.25, -0.2) is 0 Å². The summed E-state index contributed by atoms with van der Waals surface area (Å²) in [6, 6.07) is 0. The lowest BCUT2D eigenvalue weighted by Crippen LogP contribution is -2.53. The second-order valence-electron chi connectivity index (χ2n) is 10.6. The van der Waals surface area contributed by atoms with Crippen LogP contribution in [0.4, 0.5) is 4.39 Å². The fraction of sp³-hybridized carbons (Fsp3) is 1.00. The van der Waals surface area contributed by atoms with Gasteiger partial charge in [0, 0.05) is 0 Å². The highest BCUT2D eigenvalue weighted by molar-refractivity contribution is 5.09. The first kappa shape index (κ1) is 17.3. The largest absolute Gasteiger partial charge is 0.251 e. The van der Waals surface area contributed by atoms with Gasteiger partial charge in [0.05, 0.1) is 6.67 Å². The van der Waals surface area contributed by atoms with Gasteiger partial charge in [-0.15, -0.1) is 0 Å². The molecule has 0 heterocycles. The molecule has 24 heavy (non-hydrogen) atoms. The van der Waals surface area contributed by atoms with E-state index in [9.17, 15) is 4.39 Å². The highest BCUT2D eigenvalue weighted by Crippen LogP contribution is 2.68. The number of fused-ring (bicyclic) bond motifs is 5. The Morgan fingerprint density at radius 3 is 2.46 bits per heavy atom. The minimum absolute atomic E-state index is 0.121. The van der Waals surface area contributed by atoms with E-state index in [1.807, 2.05) is 0 Å². The van der Waals surface area contributed by atoms with Crippen molar-refractivity contribution in [2.24, 2.45) is 46.3 Å². The van der Waals surface area contributed by atoms with E-state index in [1.165, 1.54) is 64.2 Å². The fourth-order valence-corrected chi connectivity index (χ4v) is 8.64. The van der Waals surface area contributed by atoms with E-state index in [2.05, 4.69) is 20.8 Å². The van der Waals surface area contributed by atoms with Gasteiger partial charge in [0.2, 0.25) is 0 Å². The van der Waals surface area contributed by atoms with E-state index in [-0.39, 0.29) is 6.67 Å². The zero-order valence-corrected chi connectivity index (χ0v) is 16.3. The summed E-state index contributed by atoms with van der Waals surface area (Å²) in [6.07, 6.45) is 15.5.